The highest BCUT2D eigenvalue weighted by Crippen LogP contribution is 2.31. The van der Waals surface area contributed by atoms with Crippen LogP contribution in [0.3, 0.4) is 0 Å². The average molecular weight is 342 g/mol. The van der Waals surface area contributed by atoms with Crippen molar-refractivity contribution in [1.82, 2.24) is 15.2 Å². The van der Waals surface area contributed by atoms with Crippen molar-refractivity contribution < 1.29 is 18.7 Å². The molecule has 0 bridgehead atoms. The molecule has 3 rings (SSSR count). The largest absolute Gasteiger partial charge is 0.497 e. The lowest BCUT2D eigenvalue weighted by atomic mass is 10.2. The summed E-state index contributed by atoms with van der Waals surface area (Å²) in [5, 5.41) is 9.38. The smallest absolute Gasteiger partial charge is 0.293 e. The lowest BCUT2D eigenvalue weighted by Gasteiger charge is -2.07. The number of hydrogen-bond donors (Lipinski definition) is 2. The molecule has 0 unspecified atom stereocenters. The van der Waals surface area contributed by atoms with E-state index in [4.69, 9.17) is 13.9 Å². The zero-order valence-electron chi connectivity index (χ0n) is 14.1. The van der Waals surface area contributed by atoms with E-state index >= 15 is 0 Å². The van der Waals surface area contributed by atoms with Crippen LogP contribution in [0, 0.1) is 0 Å². The predicted octanol–water partition coefficient (Wildman–Crippen LogP) is 2.90. The molecule has 0 spiro atoms. The molecule has 0 saturated heterocycles. The zero-order valence-corrected chi connectivity index (χ0v) is 14.1. The third kappa shape index (κ3) is 3.47. The number of amides is 1. The van der Waals surface area contributed by atoms with Gasteiger partial charge in [-0.1, -0.05) is 6.92 Å². The van der Waals surface area contributed by atoms with Gasteiger partial charge in [0.15, 0.2) is 11.6 Å². The van der Waals surface area contributed by atoms with Crippen LogP contribution in [0.5, 0.6) is 11.5 Å². The summed E-state index contributed by atoms with van der Waals surface area (Å²) < 4.78 is 15.9. The van der Waals surface area contributed by atoms with Gasteiger partial charge in [-0.3, -0.25) is 15.2 Å². The second kappa shape index (κ2) is 7.08. The quantitative estimate of drug-likeness (QED) is 0.714. The molecule has 130 valence electrons. The van der Waals surface area contributed by atoms with Crippen molar-refractivity contribution in [2.75, 3.05) is 19.5 Å². The van der Waals surface area contributed by atoms with E-state index in [9.17, 15) is 4.79 Å². The predicted molar refractivity (Wildman–Crippen MR) is 91.0 cm³/mol. The Kier molecular flexibility index (Phi) is 4.69. The van der Waals surface area contributed by atoms with Crippen LogP contribution in [0.1, 0.15) is 23.2 Å². The minimum absolute atomic E-state index is 0.146. The van der Waals surface area contributed by atoms with Crippen molar-refractivity contribution >= 4 is 11.9 Å². The number of aromatic amines is 1. The number of methoxy groups -OCH3 is 2. The first-order valence-corrected chi connectivity index (χ1v) is 7.69. The number of rotatable bonds is 6. The van der Waals surface area contributed by atoms with Crippen LogP contribution in [0.15, 0.2) is 34.7 Å². The standard InChI is InChI=1S/C17H18N4O4/c1-4-10-6-8-13(25-10)16(22)19-17-18-15(20-21-17)12-7-5-11(23-2)9-14(12)24-3/h5-9H,4H2,1-3H3,(H2,18,19,20,21,22). The van der Waals surface area contributed by atoms with Crippen LogP contribution < -0.4 is 14.8 Å². The number of nitrogens with one attached hydrogen (secondary N) is 2. The highest BCUT2D eigenvalue weighted by atomic mass is 16.5. The van der Waals surface area contributed by atoms with Crippen molar-refractivity contribution in [1.29, 1.82) is 0 Å². The van der Waals surface area contributed by atoms with E-state index in [1.807, 2.05) is 6.92 Å². The van der Waals surface area contributed by atoms with Gasteiger partial charge in [0.2, 0.25) is 5.95 Å². The van der Waals surface area contributed by atoms with E-state index in [-0.39, 0.29) is 11.7 Å². The molecule has 3 aromatic rings. The van der Waals surface area contributed by atoms with E-state index < -0.39 is 5.91 Å². The van der Waals surface area contributed by atoms with Crippen molar-refractivity contribution in [2.24, 2.45) is 0 Å². The maximum Gasteiger partial charge on any atom is 0.293 e. The highest BCUT2D eigenvalue weighted by molar-refractivity contribution is 6.01. The summed E-state index contributed by atoms with van der Waals surface area (Å²) in [6.07, 6.45) is 0.718. The molecule has 0 aliphatic carbocycles. The monoisotopic (exact) mass is 342 g/mol. The van der Waals surface area contributed by atoms with E-state index in [1.165, 1.54) is 0 Å². The van der Waals surface area contributed by atoms with E-state index in [2.05, 4.69) is 20.5 Å². The number of hydrogen-bond acceptors (Lipinski definition) is 6. The van der Waals surface area contributed by atoms with Crippen molar-refractivity contribution in [2.45, 2.75) is 13.3 Å². The number of benzene rings is 1. The lowest BCUT2D eigenvalue weighted by Crippen LogP contribution is -2.12. The van der Waals surface area contributed by atoms with Crippen molar-refractivity contribution in [3.8, 4) is 22.9 Å². The summed E-state index contributed by atoms with van der Waals surface area (Å²) in [6.45, 7) is 1.95. The molecule has 25 heavy (non-hydrogen) atoms. The van der Waals surface area contributed by atoms with Crippen LogP contribution in [0.4, 0.5) is 5.95 Å². The molecule has 1 amide bonds. The van der Waals surface area contributed by atoms with Crippen molar-refractivity contribution in [3.63, 3.8) is 0 Å². The Bertz CT molecular complexity index is 884. The van der Waals surface area contributed by atoms with E-state index in [0.29, 0.717) is 22.9 Å². The average Bonchev–Trinajstić information content (AvgIpc) is 3.30. The van der Waals surface area contributed by atoms with E-state index in [1.54, 1.807) is 44.6 Å². The number of ether oxygens (including phenoxy) is 2. The van der Waals surface area contributed by atoms with Crippen LogP contribution >= 0.6 is 0 Å². The van der Waals surface area contributed by atoms with Gasteiger partial charge >= 0.3 is 0 Å². The maximum atomic E-state index is 12.2. The Hall–Kier alpha value is -3.29. The van der Waals surface area contributed by atoms with Crippen LogP contribution in [0.25, 0.3) is 11.4 Å². The van der Waals surface area contributed by atoms with Gasteiger partial charge < -0.3 is 13.9 Å². The summed E-state index contributed by atoms with van der Waals surface area (Å²) in [4.78, 5) is 16.4. The van der Waals surface area contributed by atoms with Gasteiger partial charge in [0, 0.05) is 12.5 Å². The fraction of sp³-hybridized carbons (Fsp3) is 0.235. The summed E-state index contributed by atoms with van der Waals surface area (Å²) in [7, 11) is 3.13. The van der Waals surface area contributed by atoms with Gasteiger partial charge in [0.1, 0.15) is 17.3 Å². The van der Waals surface area contributed by atoms with Crippen molar-refractivity contribution in [3.05, 3.63) is 41.9 Å². The number of H-pyrrole nitrogens is 1. The Morgan fingerprint density at radius 2 is 2.08 bits per heavy atom. The molecule has 0 aliphatic heterocycles. The van der Waals surface area contributed by atoms with Gasteiger partial charge in [-0.25, -0.2) is 0 Å². The first kappa shape index (κ1) is 16.6. The SMILES string of the molecule is CCc1ccc(C(=O)Nc2n[nH]c(-c3ccc(OC)cc3OC)n2)o1. The second-order valence-corrected chi connectivity index (χ2v) is 5.15. The maximum absolute atomic E-state index is 12.2. The third-order valence-corrected chi connectivity index (χ3v) is 3.61. The Morgan fingerprint density at radius 3 is 2.76 bits per heavy atom. The molecule has 0 radical (unpaired) electrons. The van der Waals surface area contributed by atoms with Gasteiger partial charge in [0.25, 0.3) is 5.91 Å². The Balaban J connectivity index is 1.79. The molecule has 8 nitrogen and oxygen atoms in total. The normalized spacial score (nSPS) is 10.5. The molecule has 0 atom stereocenters. The lowest BCUT2D eigenvalue weighted by molar-refractivity contribution is 0.0994. The molecule has 0 fully saturated rings. The molecular formula is C17H18N4O4. The minimum atomic E-state index is -0.410. The number of anilines is 1. The number of aromatic nitrogens is 3. The second-order valence-electron chi connectivity index (χ2n) is 5.15. The first-order valence-electron chi connectivity index (χ1n) is 7.69. The molecular weight excluding hydrogens is 324 g/mol. The van der Waals surface area contributed by atoms with Gasteiger partial charge in [-0.2, -0.15) is 4.98 Å². The fourth-order valence-corrected chi connectivity index (χ4v) is 2.29. The summed E-state index contributed by atoms with van der Waals surface area (Å²) in [5.74, 6) is 2.39. The zero-order chi connectivity index (χ0) is 17.8. The number of carbonyl (C=O) groups is 1. The summed E-state index contributed by atoms with van der Waals surface area (Å²) in [5.41, 5.74) is 0.697. The number of aryl methyl sites for hydroxylation is 1. The fourth-order valence-electron chi connectivity index (χ4n) is 2.29. The molecule has 2 aromatic heterocycles. The molecule has 1 aromatic carbocycles. The highest BCUT2D eigenvalue weighted by Gasteiger charge is 2.16. The molecule has 2 N–H and O–H groups in total. The minimum Gasteiger partial charge on any atom is -0.497 e. The topological polar surface area (TPSA) is 102 Å². The van der Waals surface area contributed by atoms with Crippen LogP contribution in [0.2, 0.25) is 0 Å². The molecule has 8 heteroatoms. The molecule has 2 heterocycles. The molecule has 0 saturated carbocycles. The van der Waals surface area contributed by atoms with Gasteiger partial charge in [0.05, 0.1) is 19.8 Å². The van der Waals surface area contributed by atoms with Crippen LogP contribution in [-0.2, 0) is 6.42 Å². The Morgan fingerprint density at radius 1 is 1.24 bits per heavy atom. The van der Waals surface area contributed by atoms with Gasteiger partial charge in [-0.05, 0) is 24.3 Å². The number of furan rings is 1. The Labute approximate surface area is 144 Å². The summed E-state index contributed by atoms with van der Waals surface area (Å²) >= 11 is 0. The third-order valence-electron chi connectivity index (χ3n) is 3.61. The number of carbonyl (C=O) groups excluding carboxylic acids is 1. The first-order chi connectivity index (χ1) is 12.1. The van der Waals surface area contributed by atoms with E-state index in [0.717, 1.165) is 12.2 Å². The van der Waals surface area contributed by atoms with Gasteiger partial charge in [-0.15, -0.1) is 5.10 Å². The molecule has 0 aliphatic rings. The van der Waals surface area contributed by atoms with Crippen LogP contribution in [-0.4, -0.2) is 35.3 Å². The number of nitrogens with zero attached hydrogens (tertiary/aromatic N) is 2. The summed E-state index contributed by atoms with van der Waals surface area (Å²) in [6, 6.07) is 8.71.